The van der Waals surface area contributed by atoms with E-state index in [-0.39, 0.29) is 10.8 Å². The second-order valence-electron chi connectivity index (χ2n) is 8.10. The van der Waals surface area contributed by atoms with Gasteiger partial charge in [-0.15, -0.1) is 0 Å². The van der Waals surface area contributed by atoms with Gasteiger partial charge in [-0.25, -0.2) is 13.6 Å². The Morgan fingerprint density at radius 1 is 0.906 bits per heavy atom. The van der Waals surface area contributed by atoms with E-state index in [0.29, 0.717) is 11.3 Å². The summed E-state index contributed by atoms with van der Waals surface area (Å²) in [5.41, 5.74) is 4.24. The summed E-state index contributed by atoms with van der Waals surface area (Å²) < 4.78 is 23.2. The number of rotatable bonds is 6. The number of primary sulfonamides is 1. The van der Waals surface area contributed by atoms with Crippen molar-refractivity contribution >= 4 is 21.6 Å². The highest BCUT2D eigenvalue weighted by atomic mass is 32.2. The molecule has 3 aromatic carbocycles. The van der Waals surface area contributed by atoms with Crippen LogP contribution in [0.1, 0.15) is 35.2 Å². The Kier molecular flexibility index (Phi) is 6.69. The molecule has 0 unspecified atom stereocenters. The highest BCUT2D eigenvalue weighted by Crippen LogP contribution is 2.27. The van der Waals surface area contributed by atoms with Gasteiger partial charge in [0.15, 0.2) is 0 Å². The Balaban J connectivity index is 1.62. The van der Waals surface area contributed by atoms with E-state index in [0.717, 1.165) is 36.3 Å². The van der Waals surface area contributed by atoms with E-state index in [1.165, 1.54) is 31.4 Å². The van der Waals surface area contributed by atoms with Gasteiger partial charge < -0.3 is 5.32 Å². The molecule has 0 atom stereocenters. The summed E-state index contributed by atoms with van der Waals surface area (Å²) in [5.74, 6) is -0.295. The molecule has 0 aliphatic carbocycles. The maximum Gasteiger partial charge on any atom is 0.255 e. The fourth-order valence-electron chi connectivity index (χ4n) is 4.08. The molecule has 1 aliphatic rings. The predicted octanol–water partition coefficient (Wildman–Crippen LogP) is 4.24. The third kappa shape index (κ3) is 5.43. The lowest BCUT2D eigenvalue weighted by Gasteiger charge is -2.27. The van der Waals surface area contributed by atoms with E-state index in [1.54, 1.807) is 18.2 Å². The SMILES string of the molecule is NS(=O)(=O)c1cccc(NC(=O)c2ccc(-c3ccccc3)c(CN3CCCCC3)c2)c1. The lowest BCUT2D eigenvalue weighted by molar-refractivity contribution is 0.102. The van der Waals surface area contributed by atoms with Crippen LogP contribution >= 0.6 is 0 Å². The molecule has 3 aromatic rings. The molecule has 32 heavy (non-hydrogen) atoms. The van der Waals surface area contributed by atoms with Crippen molar-refractivity contribution in [2.75, 3.05) is 18.4 Å². The summed E-state index contributed by atoms with van der Waals surface area (Å²) in [6.45, 7) is 2.91. The number of nitrogens with two attached hydrogens (primary N) is 1. The molecule has 1 saturated heterocycles. The van der Waals surface area contributed by atoms with Crippen molar-refractivity contribution in [3.05, 3.63) is 83.9 Å². The molecule has 0 aromatic heterocycles. The first kappa shape index (κ1) is 22.2. The first-order chi connectivity index (χ1) is 15.4. The summed E-state index contributed by atoms with van der Waals surface area (Å²) in [6, 6.07) is 21.9. The van der Waals surface area contributed by atoms with Crippen molar-refractivity contribution in [2.24, 2.45) is 5.14 Å². The summed E-state index contributed by atoms with van der Waals surface area (Å²) in [5, 5.41) is 7.99. The molecule has 1 amide bonds. The van der Waals surface area contributed by atoms with Crippen LogP contribution in [0.2, 0.25) is 0 Å². The number of nitrogens with one attached hydrogen (secondary N) is 1. The largest absolute Gasteiger partial charge is 0.322 e. The molecule has 6 nitrogen and oxygen atoms in total. The van der Waals surface area contributed by atoms with Crippen molar-refractivity contribution in [2.45, 2.75) is 30.7 Å². The number of amides is 1. The number of nitrogens with zero attached hydrogens (tertiary/aromatic N) is 1. The van der Waals surface area contributed by atoms with Crippen LogP contribution < -0.4 is 10.5 Å². The summed E-state index contributed by atoms with van der Waals surface area (Å²) in [4.78, 5) is 15.4. The fourth-order valence-corrected chi connectivity index (χ4v) is 4.64. The first-order valence-corrected chi connectivity index (χ1v) is 12.3. The van der Waals surface area contributed by atoms with Gasteiger partial charge in [0.25, 0.3) is 5.91 Å². The summed E-state index contributed by atoms with van der Waals surface area (Å²) in [7, 11) is -3.84. The number of likely N-dealkylation sites (tertiary alicyclic amines) is 1. The van der Waals surface area contributed by atoms with Crippen molar-refractivity contribution in [3.63, 3.8) is 0 Å². The summed E-state index contributed by atoms with van der Waals surface area (Å²) >= 11 is 0. The molecule has 0 radical (unpaired) electrons. The molecule has 3 N–H and O–H groups in total. The zero-order chi connectivity index (χ0) is 22.6. The number of carbonyl (C=O) groups excluding carboxylic acids is 1. The second kappa shape index (κ2) is 9.65. The minimum atomic E-state index is -3.84. The minimum absolute atomic E-state index is 0.0412. The number of piperidine rings is 1. The Morgan fingerprint density at radius 3 is 2.38 bits per heavy atom. The number of hydrogen-bond donors (Lipinski definition) is 2. The maximum atomic E-state index is 13.0. The second-order valence-corrected chi connectivity index (χ2v) is 9.66. The Hall–Kier alpha value is -3.00. The third-order valence-corrected chi connectivity index (χ3v) is 6.63. The lowest BCUT2D eigenvalue weighted by Crippen LogP contribution is -2.29. The van der Waals surface area contributed by atoms with E-state index in [9.17, 15) is 13.2 Å². The van der Waals surface area contributed by atoms with E-state index in [2.05, 4.69) is 22.3 Å². The number of benzene rings is 3. The molecule has 7 heteroatoms. The number of hydrogen-bond acceptors (Lipinski definition) is 4. The van der Waals surface area contributed by atoms with E-state index in [4.69, 9.17) is 5.14 Å². The Morgan fingerprint density at radius 2 is 1.66 bits per heavy atom. The van der Waals surface area contributed by atoms with E-state index < -0.39 is 10.0 Å². The molecular formula is C25H27N3O3S. The Labute approximate surface area is 189 Å². The van der Waals surface area contributed by atoms with Crippen LogP contribution in [0.25, 0.3) is 11.1 Å². The molecular weight excluding hydrogens is 422 g/mol. The first-order valence-electron chi connectivity index (χ1n) is 10.7. The van der Waals surface area contributed by atoms with Crippen LogP contribution in [0.15, 0.2) is 77.7 Å². The lowest BCUT2D eigenvalue weighted by atomic mass is 9.96. The maximum absolute atomic E-state index is 13.0. The van der Waals surface area contributed by atoms with Crippen molar-refractivity contribution in [1.82, 2.24) is 4.90 Å². The molecule has 1 fully saturated rings. The highest BCUT2D eigenvalue weighted by Gasteiger charge is 2.16. The van der Waals surface area contributed by atoms with Gasteiger partial charge in [-0.3, -0.25) is 9.69 Å². The fraction of sp³-hybridized carbons (Fsp3) is 0.240. The summed E-state index contributed by atoms with van der Waals surface area (Å²) in [6.07, 6.45) is 3.66. The van der Waals surface area contributed by atoms with Gasteiger partial charge in [0, 0.05) is 17.8 Å². The van der Waals surface area contributed by atoms with Crippen LogP contribution in [0.5, 0.6) is 0 Å². The zero-order valence-electron chi connectivity index (χ0n) is 17.8. The quantitative estimate of drug-likeness (QED) is 0.589. The Bertz CT molecular complexity index is 1200. The molecule has 0 saturated carbocycles. The zero-order valence-corrected chi connectivity index (χ0v) is 18.6. The van der Waals surface area contributed by atoms with Crippen LogP contribution in [0.3, 0.4) is 0 Å². The van der Waals surface area contributed by atoms with Gasteiger partial charge in [-0.1, -0.05) is 48.9 Å². The average Bonchev–Trinajstić information content (AvgIpc) is 2.80. The van der Waals surface area contributed by atoms with Crippen LogP contribution in [0.4, 0.5) is 5.69 Å². The number of anilines is 1. The highest BCUT2D eigenvalue weighted by molar-refractivity contribution is 7.89. The van der Waals surface area contributed by atoms with Crippen LogP contribution in [-0.2, 0) is 16.6 Å². The topological polar surface area (TPSA) is 92.5 Å². The van der Waals surface area contributed by atoms with Gasteiger partial charge in [-0.05, 0) is 73.0 Å². The molecule has 0 spiro atoms. The normalized spacial score (nSPS) is 14.8. The number of carbonyl (C=O) groups is 1. The molecule has 1 heterocycles. The van der Waals surface area contributed by atoms with Gasteiger partial charge in [0.05, 0.1) is 4.90 Å². The van der Waals surface area contributed by atoms with Crippen LogP contribution in [0, 0.1) is 0 Å². The van der Waals surface area contributed by atoms with Gasteiger partial charge in [0.1, 0.15) is 0 Å². The predicted molar refractivity (Wildman–Crippen MR) is 127 cm³/mol. The molecule has 0 bridgehead atoms. The van der Waals surface area contributed by atoms with Crippen LogP contribution in [-0.4, -0.2) is 32.3 Å². The van der Waals surface area contributed by atoms with Crippen molar-refractivity contribution < 1.29 is 13.2 Å². The van der Waals surface area contributed by atoms with Crippen molar-refractivity contribution in [1.29, 1.82) is 0 Å². The molecule has 166 valence electrons. The molecule has 1 aliphatic heterocycles. The van der Waals surface area contributed by atoms with Crippen molar-refractivity contribution in [3.8, 4) is 11.1 Å². The monoisotopic (exact) mass is 449 g/mol. The van der Waals surface area contributed by atoms with Gasteiger partial charge in [-0.2, -0.15) is 0 Å². The minimum Gasteiger partial charge on any atom is -0.322 e. The standard InChI is InChI=1S/C25H27N3O3S/c26-32(30,31)23-11-7-10-22(17-23)27-25(29)20-12-13-24(19-8-3-1-4-9-19)21(16-20)18-28-14-5-2-6-15-28/h1,3-4,7-13,16-17H,2,5-6,14-15,18H2,(H,27,29)(H2,26,30,31). The molecule has 4 rings (SSSR count). The van der Waals surface area contributed by atoms with Gasteiger partial charge >= 0.3 is 0 Å². The average molecular weight is 450 g/mol. The van der Waals surface area contributed by atoms with Gasteiger partial charge in [0.2, 0.25) is 10.0 Å². The van der Waals surface area contributed by atoms with E-state index in [1.807, 2.05) is 30.3 Å². The third-order valence-electron chi connectivity index (χ3n) is 5.72. The smallest absolute Gasteiger partial charge is 0.255 e. The van der Waals surface area contributed by atoms with E-state index >= 15 is 0 Å². The number of sulfonamides is 1.